The van der Waals surface area contributed by atoms with Gasteiger partial charge < -0.3 is 14.8 Å². The van der Waals surface area contributed by atoms with Gasteiger partial charge in [-0.15, -0.1) is 0 Å². The maximum Gasteiger partial charge on any atom is 0.137 e. The number of methoxy groups -OCH3 is 1. The highest BCUT2D eigenvalue weighted by molar-refractivity contribution is 5.21. The molecule has 0 bridgehead atoms. The zero-order valence-corrected chi connectivity index (χ0v) is 8.90. The van der Waals surface area contributed by atoms with Crippen molar-refractivity contribution in [3.63, 3.8) is 0 Å². The van der Waals surface area contributed by atoms with E-state index in [-0.39, 0.29) is 6.04 Å². The lowest BCUT2D eigenvalue weighted by Gasteiger charge is -2.14. The molecule has 1 aliphatic heterocycles. The van der Waals surface area contributed by atoms with Crippen molar-refractivity contribution in [1.29, 1.82) is 0 Å². The van der Waals surface area contributed by atoms with Crippen LogP contribution in [0.1, 0.15) is 18.2 Å². The van der Waals surface area contributed by atoms with E-state index in [1.807, 2.05) is 12.1 Å². The number of nitrogens with zero attached hydrogens (tertiary/aromatic N) is 1. The molecule has 1 unspecified atom stereocenters. The van der Waals surface area contributed by atoms with Crippen molar-refractivity contribution >= 4 is 0 Å². The summed E-state index contributed by atoms with van der Waals surface area (Å²) in [6, 6.07) is 4.11. The minimum atomic E-state index is 0.207. The van der Waals surface area contributed by atoms with Gasteiger partial charge in [0.1, 0.15) is 5.75 Å². The van der Waals surface area contributed by atoms with Gasteiger partial charge in [0.05, 0.1) is 31.6 Å². The van der Waals surface area contributed by atoms with E-state index in [2.05, 4.69) is 10.3 Å². The second kappa shape index (κ2) is 5.09. The second-order valence-corrected chi connectivity index (χ2v) is 3.56. The van der Waals surface area contributed by atoms with Gasteiger partial charge in [0.15, 0.2) is 0 Å². The predicted molar refractivity (Wildman–Crippen MR) is 57.0 cm³/mol. The number of nitrogens with one attached hydrogen (secondary N) is 1. The molecule has 0 amide bonds. The summed E-state index contributed by atoms with van der Waals surface area (Å²) < 4.78 is 10.6. The van der Waals surface area contributed by atoms with E-state index < -0.39 is 0 Å². The predicted octanol–water partition coefficient (Wildman–Crippen LogP) is 1.14. The molecule has 15 heavy (non-hydrogen) atoms. The fourth-order valence-corrected chi connectivity index (χ4v) is 1.62. The lowest BCUT2D eigenvalue weighted by Crippen LogP contribution is -2.24. The van der Waals surface area contributed by atoms with Crippen LogP contribution in [0.25, 0.3) is 0 Å². The minimum Gasteiger partial charge on any atom is -0.495 e. The maximum atomic E-state index is 5.48. The normalized spacial score (nSPS) is 22.1. The van der Waals surface area contributed by atoms with Crippen molar-refractivity contribution in [2.75, 3.05) is 26.9 Å². The molecule has 2 rings (SSSR count). The Labute approximate surface area is 89.6 Å². The smallest absolute Gasteiger partial charge is 0.137 e. The molecule has 1 aromatic heterocycles. The van der Waals surface area contributed by atoms with Crippen LogP contribution < -0.4 is 10.1 Å². The first kappa shape index (κ1) is 10.4. The highest BCUT2D eigenvalue weighted by Gasteiger charge is 2.14. The standard InChI is InChI=1S/C11H16N2O2/c1-14-9-3-4-10(13-7-9)11-8-15-6-2-5-12-11/h3-4,7,11-12H,2,5-6,8H2,1H3. The molecule has 4 nitrogen and oxygen atoms in total. The Bertz CT molecular complexity index is 292. The van der Waals surface area contributed by atoms with Gasteiger partial charge in [-0.25, -0.2) is 0 Å². The van der Waals surface area contributed by atoms with Gasteiger partial charge in [-0.2, -0.15) is 0 Å². The monoisotopic (exact) mass is 208 g/mol. The summed E-state index contributed by atoms with van der Waals surface area (Å²) in [6.07, 6.45) is 2.80. The number of hydrogen-bond acceptors (Lipinski definition) is 4. The quantitative estimate of drug-likeness (QED) is 0.791. The van der Waals surface area contributed by atoms with Crippen LogP contribution in [0, 0.1) is 0 Å². The molecular formula is C11H16N2O2. The molecule has 0 radical (unpaired) electrons. The van der Waals surface area contributed by atoms with Crippen LogP contribution >= 0.6 is 0 Å². The van der Waals surface area contributed by atoms with E-state index in [9.17, 15) is 0 Å². The van der Waals surface area contributed by atoms with E-state index >= 15 is 0 Å². The van der Waals surface area contributed by atoms with E-state index in [4.69, 9.17) is 9.47 Å². The third kappa shape index (κ3) is 2.67. The molecule has 1 N–H and O–H groups in total. The van der Waals surface area contributed by atoms with Crippen molar-refractivity contribution in [2.45, 2.75) is 12.5 Å². The molecule has 0 spiro atoms. The number of aromatic nitrogens is 1. The molecule has 1 aromatic rings. The topological polar surface area (TPSA) is 43.4 Å². The van der Waals surface area contributed by atoms with Gasteiger partial charge in [-0.05, 0) is 25.1 Å². The number of ether oxygens (including phenoxy) is 2. The highest BCUT2D eigenvalue weighted by atomic mass is 16.5. The highest BCUT2D eigenvalue weighted by Crippen LogP contribution is 2.16. The van der Waals surface area contributed by atoms with Crippen LogP contribution in [0.5, 0.6) is 5.75 Å². The van der Waals surface area contributed by atoms with Crippen LogP contribution in [0.15, 0.2) is 18.3 Å². The van der Waals surface area contributed by atoms with E-state index in [1.54, 1.807) is 13.3 Å². The maximum absolute atomic E-state index is 5.48. The summed E-state index contributed by atoms with van der Waals surface area (Å²) in [5.74, 6) is 0.785. The van der Waals surface area contributed by atoms with E-state index in [0.29, 0.717) is 6.61 Å². The van der Waals surface area contributed by atoms with Crippen molar-refractivity contribution in [3.8, 4) is 5.75 Å². The fourth-order valence-electron chi connectivity index (χ4n) is 1.62. The van der Waals surface area contributed by atoms with E-state index in [0.717, 1.165) is 31.0 Å². The molecule has 4 heteroatoms. The first-order chi connectivity index (χ1) is 7.40. The lowest BCUT2D eigenvalue weighted by atomic mass is 10.2. The Morgan fingerprint density at radius 1 is 1.53 bits per heavy atom. The number of hydrogen-bond donors (Lipinski definition) is 1. The van der Waals surface area contributed by atoms with Gasteiger partial charge in [0.2, 0.25) is 0 Å². The summed E-state index contributed by atoms with van der Waals surface area (Å²) in [6.45, 7) is 2.51. The van der Waals surface area contributed by atoms with Crippen LogP contribution in [-0.2, 0) is 4.74 Å². The fraction of sp³-hybridized carbons (Fsp3) is 0.545. The van der Waals surface area contributed by atoms with Crippen LogP contribution in [0.2, 0.25) is 0 Å². The molecular weight excluding hydrogens is 192 g/mol. The SMILES string of the molecule is COc1ccc(C2COCCCN2)nc1. The van der Waals surface area contributed by atoms with Gasteiger partial charge in [-0.1, -0.05) is 0 Å². The molecule has 1 saturated heterocycles. The summed E-state index contributed by atoms with van der Waals surface area (Å²) in [4.78, 5) is 4.35. The summed E-state index contributed by atoms with van der Waals surface area (Å²) in [5.41, 5.74) is 1.01. The zero-order valence-electron chi connectivity index (χ0n) is 8.90. The Kier molecular flexibility index (Phi) is 3.53. The van der Waals surface area contributed by atoms with Gasteiger partial charge in [0, 0.05) is 6.61 Å². The first-order valence-corrected chi connectivity index (χ1v) is 5.21. The second-order valence-electron chi connectivity index (χ2n) is 3.56. The van der Waals surface area contributed by atoms with Crippen molar-refractivity contribution in [1.82, 2.24) is 10.3 Å². The van der Waals surface area contributed by atoms with Gasteiger partial charge in [-0.3, -0.25) is 4.98 Å². The van der Waals surface area contributed by atoms with Gasteiger partial charge >= 0.3 is 0 Å². The van der Waals surface area contributed by atoms with Crippen molar-refractivity contribution < 1.29 is 9.47 Å². The average molecular weight is 208 g/mol. The van der Waals surface area contributed by atoms with Crippen LogP contribution in [0.3, 0.4) is 0 Å². The Hall–Kier alpha value is -1.13. The molecule has 0 aromatic carbocycles. The zero-order chi connectivity index (χ0) is 10.5. The molecule has 1 fully saturated rings. The largest absolute Gasteiger partial charge is 0.495 e. The molecule has 82 valence electrons. The summed E-state index contributed by atoms with van der Waals surface area (Å²) in [7, 11) is 1.64. The summed E-state index contributed by atoms with van der Waals surface area (Å²) in [5, 5.41) is 3.41. The average Bonchev–Trinajstić information content (AvgIpc) is 2.58. The Morgan fingerprint density at radius 3 is 3.20 bits per heavy atom. The molecule has 0 saturated carbocycles. The number of rotatable bonds is 2. The molecule has 0 aliphatic carbocycles. The molecule has 1 aliphatic rings. The lowest BCUT2D eigenvalue weighted by molar-refractivity contribution is 0.130. The van der Waals surface area contributed by atoms with Crippen molar-refractivity contribution in [3.05, 3.63) is 24.0 Å². The van der Waals surface area contributed by atoms with Crippen molar-refractivity contribution in [2.24, 2.45) is 0 Å². The molecule has 2 heterocycles. The van der Waals surface area contributed by atoms with Crippen LogP contribution in [-0.4, -0.2) is 31.9 Å². The number of pyridine rings is 1. The Balaban J connectivity index is 2.06. The minimum absolute atomic E-state index is 0.207. The Morgan fingerprint density at radius 2 is 2.47 bits per heavy atom. The van der Waals surface area contributed by atoms with Gasteiger partial charge in [0.25, 0.3) is 0 Å². The third-order valence-corrected chi connectivity index (χ3v) is 2.49. The van der Waals surface area contributed by atoms with Crippen LogP contribution in [0.4, 0.5) is 0 Å². The van der Waals surface area contributed by atoms with E-state index in [1.165, 1.54) is 0 Å². The first-order valence-electron chi connectivity index (χ1n) is 5.21. The third-order valence-electron chi connectivity index (χ3n) is 2.49. The summed E-state index contributed by atoms with van der Waals surface area (Å²) >= 11 is 0. The molecule has 1 atom stereocenters.